The van der Waals surface area contributed by atoms with E-state index in [4.69, 9.17) is 4.74 Å². The maximum atomic E-state index is 11.5. The summed E-state index contributed by atoms with van der Waals surface area (Å²) in [5.74, 6) is -0.915. The molecule has 0 bridgehead atoms. The maximum absolute atomic E-state index is 11.5. The van der Waals surface area contributed by atoms with E-state index in [1.165, 1.54) is 0 Å². The Kier molecular flexibility index (Phi) is 4.07. The normalized spacial score (nSPS) is 23.4. The minimum absolute atomic E-state index is 0.000602. The molecule has 1 N–H and O–H groups in total. The van der Waals surface area contributed by atoms with Gasteiger partial charge in [0.1, 0.15) is 11.7 Å². The van der Waals surface area contributed by atoms with E-state index in [9.17, 15) is 9.59 Å². The number of ketones is 1. The van der Waals surface area contributed by atoms with Crippen molar-refractivity contribution in [3.8, 4) is 0 Å². The Morgan fingerprint density at radius 3 is 2.86 bits per heavy atom. The van der Waals surface area contributed by atoms with E-state index in [-0.39, 0.29) is 17.9 Å². The number of carbonyl (C=O) groups is 2. The first-order chi connectivity index (χ1) is 6.61. The molecular formula is C10H17NO3. The molecule has 0 aromatic rings. The van der Waals surface area contributed by atoms with Gasteiger partial charge in [0.15, 0.2) is 0 Å². The van der Waals surface area contributed by atoms with Crippen LogP contribution in [-0.4, -0.2) is 30.9 Å². The molecule has 14 heavy (non-hydrogen) atoms. The number of esters is 1. The van der Waals surface area contributed by atoms with E-state index in [0.29, 0.717) is 25.9 Å². The van der Waals surface area contributed by atoms with Crippen molar-refractivity contribution in [2.45, 2.75) is 32.8 Å². The molecule has 1 rings (SSSR count). The van der Waals surface area contributed by atoms with Gasteiger partial charge in [-0.2, -0.15) is 0 Å². The van der Waals surface area contributed by atoms with Gasteiger partial charge < -0.3 is 10.1 Å². The predicted octanol–water partition coefficient (Wildman–Crippen LogP) is 0.507. The lowest BCUT2D eigenvalue weighted by Gasteiger charge is -2.14. The second-order valence-electron chi connectivity index (χ2n) is 3.79. The average molecular weight is 199 g/mol. The molecular weight excluding hydrogens is 182 g/mol. The van der Waals surface area contributed by atoms with Gasteiger partial charge in [-0.15, -0.1) is 0 Å². The molecule has 1 aliphatic rings. The molecule has 4 nitrogen and oxygen atoms in total. The van der Waals surface area contributed by atoms with Crippen LogP contribution in [0.3, 0.4) is 0 Å². The van der Waals surface area contributed by atoms with Crippen molar-refractivity contribution in [1.82, 2.24) is 5.32 Å². The van der Waals surface area contributed by atoms with Gasteiger partial charge in [0.25, 0.3) is 0 Å². The summed E-state index contributed by atoms with van der Waals surface area (Å²) >= 11 is 0. The highest BCUT2D eigenvalue weighted by molar-refractivity contribution is 5.99. The molecule has 1 heterocycles. The van der Waals surface area contributed by atoms with Crippen LogP contribution in [0.25, 0.3) is 0 Å². The molecule has 1 unspecified atom stereocenters. The van der Waals surface area contributed by atoms with Crippen LogP contribution in [0.1, 0.15) is 26.7 Å². The molecule has 1 aliphatic heterocycles. The lowest BCUT2D eigenvalue weighted by Crippen LogP contribution is -2.28. The Bertz CT molecular complexity index is 225. The highest BCUT2D eigenvalue weighted by Gasteiger charge is 2.29. The van der Waals surface area contributed by atoms with Crippen LogP contribution >= 0.6 is 0 Å². The zero-order chi connectivity index (χ0) is 10.6. The van der Waals surface area contributed by atoms with Gasteiger partial charge in [-0.05, 0) is 26.8 Å². The second-order valence-corrected chi connectivity index (χ2v) is 3.79. The third-order valence-corrected chi connectivity index (χ3v) is 2.18. The fourth-order valence-electron chi connectivity index (χ4n) is 1.48. The minimum Gasteiger partial charge on any atom is -0.462 e. The summed E-state index contributed by atoms with van der Waals surface area (Å²) in [5.41, 5.74) is 0. The Hall–Kier alpha value is -0.900. The van der Waals surface area contributed by atoms with E-state index in [2.05, 4.69) is 5.32 Å². The van der Waals surface area contributed by atoms with Crippen molar-refractivity contribution >= 4 is 11.8 Å². The minimum atomic E-state index is -0.549. The lowest BCUT2D eigenvalue weighted by atomic mass is 9.99. The van der Waals surface area contributed by atoms with Gasteiger partial charge in [0.2, 0.25) is 0 Å². The van der Waals surface area contributed by atoms with E-state index in [1.54, 1.807) is 13.8 Å². The Labute approximate surface area is 84.0 Å². The van der Waals surface area contributed by atoms with Gasteiger partial charge in [0, 0.05) is 13.0 Å². The highest BCUT2D eigenvalue weighted by Crippen LogP contribution is 2.12. The third-order valence-electron chi connectivity index (χ3n) is 2.18. The monoisotopic (exact) mass is 199 g/mol. The topological polar surface area (TPSA) is 55.4 Å². The lowest BCUT2D eigenvalue weighted by molar-refractivity contribution is -0.155. The molecule has 1 atom stereocenters. The van der Waals surface area contributed by atoms with Gasteiger partial charge in [-0.3, -0.25) is 9.59 Å². The van der Waals surface area contributed by atoms with Gasteiger partial charge in [-0.1, -0.05) is 0 Å². The largest absolute Gasteiger partial charge is 0.462 e. The number of carbonyl (C=O) groups excluding carboxylic acids is 2. The van der Waals surface area contributed by atoms with E-state index in [0.717, 1.165) is 0 Å². The summed E-state index contributed by atoms with van der Waals surface area (Å²) in [5, 5.41) is 3.09. The Morgan fingerprint density at radius 2 is 2.21 bits per heavy atom. The fraction of sp³-hybridized carbons (Fsp3) is 0.800. The predicted molar refractivity (Wildman–Crippen MR) is 51.8 cm³/mol. The van der Waals surface area contributed by atoms with Crippen molar-refractivity contribution in [2.24, 2.45) is 5.92 Å². The molecule has 0 amide bonds. The first kappa shape index (κ1) is 11.2. The van der Waals surface area contributed by atoms with Crippen LogP contribution in [0.2, 0.25) is 0 Å². The summed E-state index contributed by atoms with van der Waals surface area (Å²) < 4.78 is 5.03. The zero-order valence-electron chi connectivity index (χ0n) is 8.71. The smallest absolute Gasteiger partial charge is 0.316 e. The molecule has 0 aliphatic carbocycles. The molecule has 4 heteroatoms. The molecule has 1 fully saturated rings. The number of hydrogen-bond acceptors (Lipinski definition) is 4. The first-order valence-electron chi connectivity index (χ1n) is 5.05. The fourth-order valence-corrected chi connectivity index (χ4v) is 1.48. The molecule has 1 saturated heterocycles. The van der Waals surface area contributed by atoms with E-state index in [1.807, 2.05) is 0 Å². The van der Waals surface area contributed by atoms with Crippen molar-refractivity contribution < 1.29 is 14.3 Å². The van der Waals surface area contributed by atoms with Gasteiger partial charge >= 0.3 is 5.97 Å². The summed E-state index contributed by atoms with van der Waals surface area (Å²) in [7, 11) is 0. The van der Waals surface area contributed by atoms with Crippen LogP contribution in [0.15, 0.2) is 0 Å². The highest BCUT2D eigenvalue weighted by atomic mass is 16.5. The first-order valence-corrected chi connectivity index (χ1v) is 5.05. The van der Waals surface area contributed by atoms with E-state index < -0.39 is 5.92 Å². The standard InChI is InChI=1S/C10H17NO3/c1-7(2)14-10(13)8-3-5-11-6-4-9(8)12/h7-8,11H,3-6H2,1-2H3. The summed E-state index contributed by atoms with van der Waals surface area (Å²) in [6.45, 7) is 4.96. The quantitative estimate of drug-likeness (QED) is 0.520. The maximum Gasteiger partial charge on any atom is 0.316 e. The number of ether oxygens (including phenoxy) is 1. The Balaban J connectivity index is 2.54. The number of hydrogen-bond donors (Lipinski definition) is 1. The van der Waals surface area contributed by atoms with Crippen molar-refractivity contribution in [3.63, 3.8) is 0 Å². The molecule has 0 radical (unpaired) electrons. The summed E-state index contributed by atoms with van der Waals surface area (Å²) in [6, 6.07) is 0. The molecule has 0 aromatic carbocycles. The summed E-state index contributed by atoms with van der Waals surface area (Å²) in [4.78, 5) is 23.0. The number of rotatable bonds is 2. The molecule has 0 aromatic heterocycles. The van der Waals surface area contributed by atoms with Crippen LogP contribution in [0, 0.1) is 5.92 Å². The van der Waals surface area contributed by atoms with Crippen molar-refractivity contribution in [2.75, 3.05) is 13.1 Å². The Morgan fingerprint density at radius 1 is 1.50 bits per heavy atom. The molecule has 80 valence electrons. The zero-order valence-corrected chi connectivity index (χ0v) is 8.71. The third kappa shape index (κ3) is 3.10. The van der Waals surface area contributed by atoms with Gasteiger partial charge in [0.05, 0.1) is 6.10 Å². The van der Waals surface area contributed by atoms with Crippen LogP contribution in [-0.2, 0) is 14.3 Å². The van der Waals surface area contributed by atoms with Crippen LogP contribution in [0.4, 0.5) is 0 Å². The molecule has 0 saturated carbocycles. The van der Waals surface area contributed by atoms with Crippen LogP contribution < -0.4 is 5.32 Å². The van der Waals surface area contributed by atoms with E-state index >= 15 is 0 Å². The number of nitrogens with one attached hydrogen (secondary N) is 1. The second kappa shape index (κ2) is 5.10. The van der Waals surface area contributed by atoms with Crippen molar-refractivity contribution in [3.05, 3.63) is 0 Å². The number of Topliss-reactive ketones (excluding diaryl/α,β-unsaturated/α-hetero) is 1. The summed E-state index contributed by atoms with van der Waals surface area (Å²) in [6.07, 6.45) is 0.842. The van der Waals surface area contributed by atoms with Crippen LogP contribution in [0.5, 0.6) is 0 Å². The van der Waals surface area contributed by atoms with Gasteiger partial charge in [-0.25, -0.2) is 0 Å². The SMILES string of the molecule is CC(C)OC(=O)C1CCNCCC1=O. The molecule has 0 spiro atoms. The average Bonchev–Trinajstić information content (AvgIpc) is 2.28. The van der Waals surface area contributed by atoms with Crippen molar-refractivity contribution in [1.29, 1.82) is 0 Å².